The van der Waals surface area contributed by atoms with Crippen molar-refractivity contribution in [3.8, 4) is 0 Å². The van der Waals surface area contributed by atoms with E-state index in [1.165, 1.54) is 17.9 Å². The predicted octanol–water partition coefficient (Wildman–Crippen LogP) is 2.50. The number of nitrogens with zero attached hydrogens (tertiary/aromatic N) is 1. The number of carbonyl (C=O) groups is 2. The van der Waals surface area contributed by atoms with Gasteiger partial charge in [0.25, 0.3) is 0 Å². The number of carbonyl (C=O) groups excluding carboxylic acids is 2. The van der Waals surface area contributed by atoms with Gasteiger partial charge in [-0.05, 0) is 18.2 Å². The van der Waals surface area contributed by atoms with Gasteiger partial charge in [-0.1, -0.05) is 36.4 Å². The van der Waals surface area contributed by atoms with Gasteiger partial charge < -0.3 is 10.2 Å². The van der Waals surface area contributed by atoms with Gasteiger partial charge in [0.05, 0.1) is 0 Å². The minimum Gasteiger partial charge on any atom is -0.350 e. The fourth-order valence-corrected chi connectivity index (χ4v) is 2.03. The summed E-state index contributed by atoms with van der Waals surface area (Å²) in [5, 5.41) is 2.62. The lowest BCUT2D eigenvalue weighted by molar-refractivity contribution is -0.123. The van der Waals surface area contributed by atoms with Gasteiger partial charge in [-0.25, -0.2) is 4.39 Å². The summed E-state index contributed by atoms with van der Waals surface area (Å²) in [6, 6.07) is 15.2. The molecule has 0 fully saturated rings. The molecule has 0 heterocycles. The highest BCUT2D eigenvalue weighted by Gasteiger charge is 2.15. The maximum atomic E-state index is 13.5. The van der Waals surface area contributed by atoms with E-state index in [4.69, 9.17) is 0 Å². The van der Waals surface area contributed by atoms with Crippen molar-refractivity contribution in [2.45, 2.75) is 13.5 Å². The van der Waals surface area contributed by atoms with Crippen LogP contribution in [0.25, 0.3) is 0 Å². The molecule has 0 unspecified atom stereocenters. The molecular formula is C17H17FN2O2. The van der Waals surface area contributed by atoms with Crippen LogP contribution in [0.3, 0.4) is 0 Å². The maximum Gasteiger partial charge on any atom is 0.240 e. The predicted molar refractivity (Wildman–Crippen MR) is 82.7 cm³/mol. The number of amides is 2. The smallest absolute Gasteiger partial charge is 0.240 e. The number of para-hydroxylation sites is 1. The minimum absolute atomic E-state index is 0.0893. The van der Waals surface area contributed by atoms with E-state index < -0.39 is 0 Å². The van der Waals surface area contributed by atoms with Gasteiger partial charge in [0, 0.05) is 24.7 Å². The molecule has 114 valence electrons. The molecule has 0 aliphatic rings. The van der Waals surface area contributed by atoms with Gasteiger partial charge in [0.2, 0.25) is 11.8 Å². The van der Waals surface area contributed by atoms with Gasteiger partial charge >= 0.3 is 0 Å². The number of rotatable bonds is 5. The maximum absolute atomic E-state index is 13.5. The van der Waals surface area contributed by atoms with Gasteiger partial charge in [-0.2, -0.15) is 0 Å². The first-order valence-corrected chi connectivity index (χ1v) is 6.91. The van der Waals surface area contributed by atoms with E-state index in [1.807, 2.05) is 6.07 Å². The number of anilines is 1. The zero-order chi connectivity index (χ0) is 15.9. The molecule has 2 rings (SSSR count). The lowest BCUT2D eigenvalue weighted by atomic mass is 10.2. The third-order valence-electron chi connectivity index (χ3n) is 3.18. The zero-order valence-electron chi connectivity index (χ0n) is 12.3. The molecule has 0 aromatic heterocycles. The van der Waals surface area contributed by atoms with Crippen LogP contribution in [0.5, 0.6) is 0 Å². The molecule has 0 atom stereocenters. The summed E-state index contributed by atoms with van der Waals surface area (Å²) >= 11 is 0. The van der Waals surface area contributed by atoms with Crippen molar-refractivity contribution in [2.24, 2.45) is 0 Å². The van der Waals surface area contributed by atoms with E-state index in [1.54, 1.807) is 42.5 Å². The highest BCUT2D eigenvalue weighted by Crippen LogP contribution is 2.13. The lowest BCUT2D eigenvalue weighted by Crippen LogP contribution is -2.39. The van der Waals surface area contributed by atoms with Crippen LogP contribution in [-0.4, -0.2) is 18.4 Å². The summed E-state index contributed by atoms with van der Waals surface area (Å²) in [5.41, 5.74) is 1.06. The molecule has 22 heavy (non-hydrogen) atoms. The fourth-order valence-electron chi connectivity index (χ4n) is 2.03. The normalized spacial score (nSPS) is 10.1. The summed E-state index contributed by atoms with van der Waals surface area (Å²) in [5.74, 6) is -0.941. The first kappa shape index (κ1) is 15.7. The lowest BCUT2D eigenvalue weighted by Gasteiger charge is -2.20. The molecule has 0 bridgehead atoms. The van der Waals surface area contributed by atoms with Gasteiger partial charge in [-0.15, -0.1) is 0 Å². The number of hydrogen-bond donors (Lipinski definition) is 1. The Kier molecular flexibility index (Phi) is 5.25. The molecule has 0 saturated carbocycles. The number of nitrogens with one attached hydrogen (secondary N) is 1. The Morgan fingerprint density at radius 3 is 2.32 bits per heavy atom. The number of halogens is 1. The largest absolute Gasteiger partial charge is 0.350 e. The van der Waals surface area contributed by atoms with Crippen molar-refractivity contribution in [3.05, 3.63) is 66.0 Å². The van der Waals surface area contributed by atoms with Crippen LogP contribution >= 0.6 is 0 Å². The number of benzene rings is 2. The summed E-state index contributed by atoms with van der Waals surface area (Å²) in [7, 11) is 0. The Bertz CT molecular complexity index is 659. The second-order valence-electron chi connectivity index (χ2n) is 4.81. The second kappa shape index (κ2) is 7.36. The SMILES string of the molecule is CC(=O)N(CC(=O)NCc1ccccc1F)c1ccccc1. The highest BCUT2D eigenvalue weighted by molar-refractivity contribution is 5.97. The van der Waals surface area contributed by atoms with Crippen LogP contribution in [0.2, 0.25) is 0 Å². The van der Waals surface area contributed by atoms with Crippen molar-refractivity contribution >= 4 is 17.5 Å². The standard InChI is InChI=1S/C17H17FN2O2/c1-13(21)20(15-8-3-2-4-9-15)12-17(22)19-11-14-7-5-6-10-16(14)18/h2-10H,11-12H2,1H3,(H,19,22). The Morgan fingerprint density at radius 2 is 1.68 bits per heavy atom. The van der Waals surface area contributed by atoms with E-state index in [0.29, 0.717) is 11.3 Å². The third-order valence-corrected chi connectivity index (χ3v) is 3.18. The first-order chi connectivity index (χ1) is 10.6. The van der Waals surface area contributed by atoms with E-state index >= 15 is 0 Å². The Hall–Kier alpha value is -2.69. The number of hydrogen-bond acceptors (Lipinski definition) is 2. The van der Waals surface area contributed by atoms with E-state index in [9.17, 15) is 14.0 Å². The molecule has 2 aromatic rings. The van der Waals surface area contributed by atoms with Crippen molar-refractivity contribution in [1.82, 2.24) is 5.32 Å². The van der Waals surface area contributed by atoms with Crippen molar-refractivity contribution < 1.29 is 14.0 Å². The topological polar surface area (TPSA) is 49.4 Å². The van der Waals surface area contributed by atoms with Crippen LogP contribution in [0, 0.1) is 5.82 Å². The third kappa shape index (κ3) is 4.15. The molecule has 2 amide bonds. The van der Waals surface area contributed by atoms with Crippen LogP contribution in [-0.2, 0) is 16.1 Å². The summed E-state index contributed by atoms with van der Waals surface area (Å²) in [6.45, 7) is 1.39. The molecule has 2 aromatic carbocycles. The molecule has 0 saturated heterocycles. The molecule has 0 spiro atoms. The molecule has 1 N–H and O–H groups in total. The van der Waals surface area contributed by atoms with Crippen LogP contribution < -0.4 is 10.2 Å². The minimum atomic E-state index is -0.366. The molecule has 5 heteroatoms. The van der Waals surface area contributed by atoms with Gasteiger partial charge in [0.1, 0.15) is 12.4 Å². The van der Waals surface area contributed by atoms with Gasteiger partial charge in [0.15, 0.2) is 0 Å². The summed E-state index contributed by atoms with van der Waals surface area (Å²) < 4.78 is 13.5. The fraction of sp³-hybridized carbons (Fsp3) is 0.176. The van der Waals surface area contributed by atoms with Crippen LogP contribution in [0.4, 0.5) is 10.1 Å². The average Bonchev–Trinajstić information content (AvgIpc) is 2.52. The Balaban J connectivity index is 1.98. The molecule has 0 radical (unpaired) electrons. The van der Waals surface area contributed by atoms with Crippen molar-refractivity contribution in [3.63, 3.8) is 0 Å². The highest BCUT2D eigenvalue weighted by atomic mass is 19.1. The first-order valence-electron chi connectivity index (χ1n) is 6.91. The van der Waals surface area contributed by atoms with Gasteiger partial charge in [-0.3, -0.25) is 9.59 Å². The van der Waals surface area contributed by atoms with Crippen molar-refractivity contribution in [1.29, 1.82) is 0 Å². The second-order valence-corrected chi connectivity index (χ2v) is 4.81. The monoisotopic (exact) mass is 300 g/mol. The quantitative estimate of drug-likeness (QED) is 0.922. The molecule has 0 aliphatic carbocycles. The van der Waals surface area contributed by atoms with E-state index in [2.05, 4.69) is 5.32 Å². The molecular weight excluding hydrogens is 283 g/mol. The van der Waals surface area contributed by atoms with Crippen molar-refractivity contribution in [2.75, 3.05) is 11.4 Å². The Morgan fingerprint density at radius 1 is 1.05 bits per heavy atom. The zero-order valence-corrected chi connectivity index (χ0v) is 12.3. The summed E-state index contributed by atoms with van der Waals surface area (Å²) in [4.78, 5) is 25.1. The van der Waals surface area contributed by atoms with Crippen LogP contribution in [0.15, 0.2) is 54.6 Å². The van der Waals surface area contributed by atoms with E-state index in [-0.39, 0.29) is 30.7 Å². The average molecular weight is 300 g/mol. The molecule has 4 nitrogen and oxygen atoms in total. The Labute approximate surface area is 128 Å². The van der Waals surface area contributed by atoms with E-state index in [0.717, 1.165) is 0 Å². The summed E-state index contributed by atoms with van der Waals surface area (Å²) in [6.07, 6.45) is 0. The molecule has 0 aliphatic heterocycles. The van der Waals surface area contributed by atoms with Crippen LogP contribution in [0.1, 0.15) is 12.5 Å².